The molecule has 3 heterocycles. The average molecular weight is 692 g/mol. The van der Waals surface area contributed by atoms with E-state index in [1.165, 1.54) is 4.90 Å². The third-order valence-electron chi connectivity index (χ3n) is 8.99. The number of likely N-dealkylation sites (N-methyl/N-ethyl adjacent to an activating group) is 1. The Morgan fingerprint density at radius 2 is 1.66 bits per heavy atom. The van der Waals surface area contributed by atoms with Gasteiger partial charge < -0.3 is 44.4 Å². The van der Waals surface area contributed by atoms with Gasteiger partial charge in [0.15, 0.2) is 6.29 Å². The van der Waals surface area contributed by atoms with Gasteiger partial charge in [0.25, 0.3) is 0 Å². The van der Waals surface area contributed by atoms with E-state index in [0.717, 1.165) is 22.0 Å². The van der Waals surface area contributed by atoms with Crippen LogP contribution in [0.25, 0.3) is 10.9 Å². The Morgan fingerprint density at radius 1 is 1.00 bits per heavy atom. The number of H-pyrrole nitrogens is 1. The maximum Gasteiger partial charge on any atom is 0.410 e. The molecule has 0 spiro atoms. The van der Waals surface area contributed by atoms with Crippen molar-refractivity contribution in [3.8, 4) is 0 Å². The van der Waals surface area contributed by atoms with Gasteiger partial charge in [-0.25, -0.2) is 9.59 Å². The number of piperidine rings is 1. The van der Waals surface area contributed by atoms with Gasteiger partial charge in [0.2, 0.25) is 11.8 Å². The number of aromatic amines is 1. The van der Waals surface area contributed by atoms with Crippen LogP contribution in [0.5, 0.6) is 0 Å². The van der Waals surface area contributed by atoms with Crippen LogP contribution in [0.3, 0.4) is 0 Å². The van der Waals surface area contributed by atoms with Gasteiger partial charge in [-0.2, -0.15) is 0 Å². The molecule has 2 aromatic carbocycles. The predicted molar refractivity (Wildman–Crippen MR) is 186 cm³/mol. The second-order valence-electron chi connectivity index (χ2n) is 14.0. The summed E-state index contributed by atoms with van der Waals surface area (Å²) in [5.74, 6) is -1.27. The van der Waals surface area contributed by atoms with Gasteiger partial charge in [-0.3, -0.25) is 9.59 Å². The molecule has 270 valence electrons. The molecule has 13 heteroatoms. The normalized spacial score (nSPS) is 19.7. The van der Waals surface area contributed by atoms with Gasteiger partial charge in [-0.1, -0.05) is 55.5 Å². The van der Waals surface area contributed by atoms with E-state index in [1.807, 2.05) is 88.5 Å². The summed E-state index contributed by atoms with van der Waals surface area (Å²) in [7, 11) is 1.65. The number of hydrogen-bond acceptors (Lipinski definition) is 8. The van der Waals surface area contributed by atoms with Crippen LogP contribution in [0.2, 0.25) is 0 Å². The Balaban J connectivity index is 1.18. The van der Waals surface area contributed by atoms with E-state index < -0.39 is 36.2 Å². The first-order chi connectivity index (χ1) is 23.9. The van der Waals surface area contributed by atoms with Crippen molar-refractivity contribution in [1.29, 1.82) is 0 Å². The smallest absolute Gasteiger partial charge is 0.410 e. The molecule has 2 saturated heterocycles. The van der Waals surface area contributed by atoms with E-state index in [2.05, 4.69) is 15.6 Å². The lowest BCUT2D eigenvalue weighted by Gasteiger charge is -2.35. The largest absolute Gasteiger partial charge is 0.445 e. The number of para-hydroxylation sites is 1. The van der Waals surface area contributed by atoms with Crippen molar-refractivity contribution in [3.05, 3.63) is 71.9 Å². The molecule has 0 unspecified atom stereocenters. The van der Waals surface area contributed by atoms with Crippen molar-refractivity contribution in [3.63, 3.8) is 0 Å². The van der Waals surface area contributed by atoms with Gasteiger partial charge in [-0.15, -0.1) is 0 Å². The molecule has 3 N–H and O–H groups in total. The molecule has 2 atom stereocenters. The number of nitrogens with zero attached hydrogens (tertiary/aromatic N) is 2. The van der Waals surface area contributed by atoms with Gasteiger partial charge in [0.1, 0.15) is 18.2 Å². The molecule has 0 aliphatic carbocycles. The minimum absolute atomic E-state index is 0.116. The highest BCUT2D eigenvalue weighted by molar-refractivity contribution is 5.91. The van der Waals surface area contributed by atoms with Crippen molar-refractivity contribution in [2.45, 2.75) is 77.0 Å². The first-order valence-corrected chi connectivity index (χ1v) is 17.2. The number of amides is 4. The van der Waals surface area contributed by atoms with Crippen LogP contribution in [-0.4, -0.2) is 103 Å². The molecule has 0 saturated carbocycles. The third-order valence-corrected chi connectivity index (χ3v) is 8.99. The van der Waals surface area contributed by atoms with Crippen LogP contribution in [-0.2, 0) is 35.1 Å². The fraction of sp³-hybridized carbons (Fsp3) is 0.514. The Morgan fingerprint density at radius 3 is 2.34 bits per heavy atom. The quantitative estimate of drug-likeness (QED) is 0.281. The van der Waals surface area contributed by atoms with Crippen molar-refractivity contribution in [1.82, 2.24) is 25.4 Å². The highest BCUT2D eigenvalue weighted by Gasteiger charge is 2.37. The van der Waals surface area contributed by atoms with E-state index in [4.69, 9.17) is 18.9 Å². The number of aromatic nitrogens is 1. The number of likely N-dealkylation sites (tertiary alicyclic amines) is 1. The minimum atomic E-state index is -0.881. The molecule has 2 aliphatic heterocycles. The Kier molecular flexibility index (Phi) is 12.0. The number of benzene rings is 2. The second kappa shape index (κ2) is 16.4. The SMILES string of the molecule is C[C@@H](c1c[nH]c2ccccc12)[C@@H](NC(=O)C1CCN(C(=O)OC(C)(C)C)CC1)C(=O)N(C)CC1OCC(NC(=O)OCc2ccccc2)CO1. The molecule has 0 bridgehead atoms. The predicted octanol–water partition coefficient (Wildman–Crippen LogP) is 4.53. The summed E-state index contributed by atoms with van der Waals surface area (Å²) < 4.78 is 22.5. The van der Waals surface area contributed by atoms with Gasteiger partial charge >= 0.3 is 12.2 Å². The summed E-state index contributed by atoms with van der Waals surface area (Å²) >= 11 is 0. The van der Waals surface area contributed by atoms with Crippen LogP contribution in [0.15, 0.2) is 60.8 Å². The molecule has 5 rings (SSSR count). The number of hydrogen-bond donors (Lipinski definition) is 3. The van der Waals surface area contributed by atoms with Gasteiger partial charge in [0.05, 0.1) is 25.8 Å². The Hall–Kier alpha value is -4.62. The van der Waals surface area contributed by atoms with E-state index in [0.29, 0.717) is 25.9 Å². The highest BCUT2D eigenvalue weighted by atomic mass is 16.7. The van der Waals surface area contributed by atoms with Crippen LogP contribution >= 0.6 is 0 Å². The number of ether oxygens (including phenoxy) is 4. The summed E-state index contributed by atoms with van der Waals surface area (Å²) in [5, 5.41) is 6.79. The zero-order valence-corrected chi connectivity index (χ0v) is 29.5. The highest BCUT2D eigenvalue weighted by Crippen LogP contribution is 2.29. The Bertz CT molecular complexity index is 1610. The lowest BCUT2D eigenvalue weighted by atomic mass is 9.90. The van der Waals surface area contributed by atoms with Crippen molar-refractivity contribution < 1.29 is 38.1 Å². The number of alkyl carbamates (subject to hydrolysis) is 1. The standard InChI is InChI=1S/C37H49N5O8/c1-24(29-19-38-30-14-10-9-13-28(29)30)32(40-33(43)26-15-17-42(18-16-26)36(46)50-37(2,3)4)34(44)41(5)20-31-47-22-27(23-48-31)39-35(45)49-21-25-11-7-6-8-12-25/h6-14,19,24,26-27,31-32,38H,15-18,20-23H2,1-5H3,(H,39,45)(H,40,43)/t24-,27?,31?,32+/m0/s1. The number of rotatable bonds is 10. The molecule has 3 aromatic rings. The van der Waals surface area contributed by atoms with Gasteiger partial charge in [0, 0.05) is 49.1 Å². The van der Waals surface area contributed by atoms with E-state index in [-0.39, 0.29) is 50.0 Å². The number of carbonyl (C=O) groups excluding carboxylic acids is 4. The van der Waals surface area contributed by atoms with Crippen molar-refractivity contribution in [2.75, 3.05) is 39.9 Å². The monoisotopic (exact) mass is 691 g/mol. The second-order valence-corrected chi connectivity index (χ2v) is 14.0. The molecule has 0 radical (unpaired) electrons. The maximum atomic E-state index is 14.1. The zero-order valence-electron chi connectivity index (χ0n) is 29.5. The molecule has 2 fully saturated rings. The number of nitrogens with one attached hydrogen (secondary N) is 3. The van der Waals surface area contributed by atoms with Crippen LogP contribution < -0.4 is 10.6 Å². The van der Waals surface area contributed by atoms with Crippen molar-refractivity contribution in [2.24, 2.45) is 5.92 Å². The van der Waals surface area contributed by atoms with Gasteiger partial charge in [-0.05, 0) is 50.8 Å². The lowest BCUT2D eigenvalue weighted by Crippen LogP contribution is -2.55. The van der Waals surface area contributed by atoms with Crippen molar-refractivity contribution >= 4 is 34.9 Å². The molecular weight excluding hydrogens is 642 g/mol. The topological polar surface area (TPSA) is 152 Å². The summed E-state index contributed by atoms with van der Waals surface area (Å²) in [6.07, 6.45) is 1.11. The van der Waals surface area contributed by atoms with E-state index >= 15 is 0 Å². The third kappa shape index (κ3) is 9.75. The molecule has 2 aliphatic rings. The average Bonchev–Trinajstić information content (AvgIpc) is 3.54. The molecule has 13 nitrogen and oxygen atoms in total. The zero-order chi connectivity index (χ0) is 35.8. The molecular formula is C37H49N5O8. The van der Waals surface area contributed by atoms with Crippen LogP contribution in [0.1, 0.15) is 57.6 Å². The first-order valence-electron chi connectivity index (χ1n) is 17.2. The maximum absolute atomic E-state index is 14.1. The summed E-state index contributed by atoms with van der Waals surface area (Å²) in [4.78, 5) is 59.1. The minimum Gasteiger partial charge on any atom is -0.445 e. The first kappa shape index (κ1) is 36.7. The Labute approximate surface area is 292 Å². The fourth-order valence-corrected chi connectivity index (χ4v) is 6.19. The van der Waals surface area contributed by atoms with Crippen LogP contribution in [0, 0.1) is 5.92 Å². The number of fused-ring (bicyclic) bond motifs is 1. The summed E-state index contributed by atoms with van der Waals surface area (Å²) in [5.41, 5.74) is 2.12. The molecule has 1 aromatic heterocycles. The van der Waals surface area contributed by atoms with E-state index in [1.54, 1.807) is 11.9 Å². The lowest BCUT2D eigenvalue weighted by molar-refractivity contribution is -0.196. The molecule has 50 heavy (non-hydrogen) atoms. The number of carbonyl (C=O) groups is 4. The summed E-state index contributed by atoms with van der Waals surface area (Å²) in [6.45, 7) is 8.80. The summed E-state index contributed by atoms with van der Waals surface area (Å²) in [6, 6.07) is 15.9. The van der Waals surface area contributed by atoms with E-state index in [9.17, 15) is 19.2 Å². The molecule has 4 amide bonds. The van der Waals surface area contributed by atoms with Crippen LogP contribution in [0.4, 0.5) is 9.59 Å². The fourth-order valence-electron chi connectivity index (χ4n) is 6.19.